The molecule has 2 N–H and O–H groups in total. The van der Waals surface area contributed by atoms with E-state index in [1.54, 1.807) is 14.2 Å². The molecule has 1 fully saturated rings. The summed E-state index contributed by atoms with van der Waals surface area (Å²) >= 11 is 0. The zero-order chi connectivity index (χ0) is 15.5. The van der Waals surface area contributed by atoms with Crippen molar-refractivity contribution in [1.29, 1.82) is 0 Å². The number of rotatable bonds is 5. The summed E-state index contributed by atoms with van der Waals surface area (Å²) in [6.45, 7) is 0. The highest BCUT2D eigenvalue weighted by Crippen LogP contribution is 2.29. The van der Waals surface area contributed by atoms with Crippen LogP contribution in [0.2, 0.25) is 0 Å². The Bertz CT molecular complexity index is 585. The molecule has 0 aliphatic carbocycles. The van der Waals surface area contributed by atoms with Gasteiger partial charge in [0.1, 0.15) is 0 Å². The standard InChI is InChI=1S/C15H23NO4S/c1-19-13-7-6-11(10-14(13)20-2)9-12(16)15-5-3-4-8-21(15,17)18/h6-7,10,12,15H,3-5,8-9,16H2,1-2H3. The smallest absolute Gasteiger partial charge is 0.160 e. The molecular weight excluding hydrogens is 290 g/mol. The minimum Gasteiger partial charge on any atom is -0.493 e. The summed E-state index contributed by atoms with van der Waals surface area (Å²) in [7, 11) is 0.105. The molecule has 2 unspecified atom stereocenters. The molecule has 5 nitrogen and oxygen atoms in total. The van der Waals surface area contributed by atoms with Gasteiger partial charge in [-0.3, -0.25) is 0 Å². The van der Waals surface area contributed by atoms with Gasteiger partial charge in [0.05, 0.1) is 25.2 Å². The predicted molar refractivity (Wildman–Crippen MR) is 82.7 cm³/mol. The predicted octanol–water partition coefficient (Wildman–Crippen LogP) is 1.54. The van der Waals surface area contributed by atoms with E-state index in [1.165, 1.54) is 0 Å². The van der Waals surface area contributed by atoms with Gasteiger partial charge in [-0.1, -0.05) is 12.5 Å². The van der Waals surface area contributed by atoms with Gasteiger partial charge in [-0.2, -0.15) is 0 Å². The van der Waals surface area contributed by atoms with Gasteiger partial charge in [-0.15, -0.1) is 0 Å². The molecule has 0 saturated carbocycles. The fourth-order valence-electron chi connectivity index (χ4n) is 2.87. The monoisotopic (exact) mass is 313 g/mol. The molecule has 1 aromatic rings. The Hall–Kier alpha value is -1.27. The summed E-state index contributed by atoms with van der Waals surface area (Å²) in [5.74, 6) is 1.55. The Morgan fingerprint density at radius 3 is 2.57 bits per heavy atom. The summed E-state index contributed by atoms with van der Waals surface area (Å²) in [4.78, 5) is 0. The zero-order valence-corrected chi connectivity index (χ0v) is 13.4. The second-order valence-corrected chi connectivity index (χ2v) is 7.80. The molecule has 2 atom stereocenters. The molecule has 0 amide bonds. The minimum atomic E-state index is -3.05. The van der Waals surface area contributed by atoms with Crippen LogP contribution in [0.25, 0.3) is 0 Å². The topological polar surface area (TPSA) is 78.6 Å². The van der Waals surface area contributed by atoms with Crippen molar-refractivity contribution in [3.05, 3.63) is 23.8 Å². The first-order chi connectivity index (χ1) is 9.97. The molecule has 118 valence electrons. The minimum absolute atomic E-state index is 0.261. The van der Waals surface area contributed by atoms with Gasteiger partial charge in [0, 0.05) is 6.04 Å². The van der Waals surface area contributed by atoms with Crippen LogP contribution in [-0.4, -0.2) is 39.7 Å². The van der Waals surface area contributed by atoms with E-state index < -0.39 is 15.1 Å². The van der Waals surface area contributed by atoms with Crippen molar-refractivity contribution in [3.63, 3.8) is 0 Å². The van der Waals surface area contributed by atoms with Crippen molar-refractivity contribution in [2.75, 3.05) is 20.0 Å². The zero-order valence-electron chi connectivity index (χ0n) is 12.5. The van der Waals surface area contributed by atoms with Crippen LogP contribution in [0.5, 0.6) is 11.5 Å². The van der Waals surface area contributed by atoms with E-state index in [0.717, 1.165) is 18.4 Å². The Morgan fingerprint density at radius 1 is 1.24 bits per heavy atom. The van der Waals surface area contributed by atoms with Crippen LogP contribution in [0.15, 0.2) is 18.2 Å². The molecule has 0 aromatic heterocycles. The molecule has 2 rings (SSSR count). The number of ether oxygens (including phenoxy) is 2. The van der Waals surface area contributed by atoms with Gasteiger partial charge in [0.2, 0.25) is 0 Å². The lowest BCUT2D eigenvalue weighted by Crippen LogP contribution is -2.44. The lowest BCUT2D eigenvalue weighted by molar-refractivity contribution is 0.354. The van der Waals surface area contributed by atoms with Crippen LogP contribution in [0.4, 0.5) is 0 Å². The van der Waals surface area contributed by atoms with Crippen molar-refractivity contribution >= 4 is 9.84 Å². The lowest BCUT2D eigenvalue weighted by Gasteiger charge is -2.27. The average molecular weight is 313 g/mol. The van der Waals surface area contributed by atoms with Gasteiger partial charge in [0.25, 0.3) is 0 Å². The summed E-state index contributed by atoms with van der Waals surface area (Å²) in [6, 6.07) is 5.19. The summed E-state index contributed by atoms with van der Waals surface area (Å²) in [5.41, 5.74) is 7.13. The van der Waals surface area contributed by atoms with Crippen LogP contribution in [0.1, 0.15) is 24.8 Å². The van der Waals surface area contributed by atoms with Crippen LogP contribution in [0, 0.1) is 0 Å². The summed E-state index contributed by atoms with van der Waals surface area (Å²) in [6.07, 6.45) is 2.87. The maximum atomic E-state index is 12.1. The molecule has 21 heavy (non-hydrogen) atoms. The molecule has 0 spiro atoms. The molecule has 0 bridgehead atoms. The van der Waals surface area contributed by atoms with E-state index in [4.69, 9.17) is 15.2 Å². The Morgan fingerprint density at radius 2 is 1.95 bits per heavy atom. The molecular formula is C15H23NO4S. The van der Waals surface area contributed by atoms with E-state index in [2.05, 4.69) is 0 Å². The van der Waals surface area contributed by atoms with Gasteiger partial charge in [-0.25, -0.2) is 8.42 Å². The normalized spacial score (nSPS) is 22.5. The van der Waals surface area contributed by atoms with E-state index in [1.807, 2.05) is 18.2 Å². The molecule has 6 heteroatoms. The van der Waals surface area contributed by atoms with Crippen LogP contribution < -0.4 is 15.2 Å². The third-order valence-electron chi connectivity index (χ3n) is 4.03. The molecule has 1 aromatic carbocycles. The van der Waals surface area contributed by atoms with Crippen molar-refractivity contribution < 1.29 is 17.9 Å². The molecule has 1 saturated heterocycles. The van der Waals surface area contributed by atoms with Gasteiger partial charge in [0.15, 0.2) is 21.3 Å². The van der Waals surface area contributed by atoms with Gasteiger partial charge >= 0.3 is 0 Å². The second-order valence-electron chi connectivity index (χ2n) is 5.46. The SMILES string of the molecule is COc1ccc(CC(N)C2CCCCS2(=O)=O)cc1OC. The van der Waals surface area contributed by atoms with Crippen LogP contribution in [0.3, 0.4) is 0 Å². The second kappa shape index (κ2) is 6.66. The first-order valence-corrected chi connectivity index (χ1v) is 8.87. The van der Waals surface area contributed by atoms with Crippen molar-refractivity contribution in [1.82, 2.24) is 0 Å². The van der Waals surface area contributed by atoms with E-state index in [9.17, 15) is 8.42 Å². The Labute approximate surface area is 126 Å². The quantitative estimate of drug-likeness (QED) is 0.892. The van der Waals surface area contributed by atoms with Crippen molar-refractivity contribution in [2.45, 2.75) is 37.0 Å². The summed E-state index contributed by atoms with van der Waals surface area (Å²) in [5, 5.41) is -0.431. The third-order valence-corrected chi connectivity index (χ3v) is 6.39. The number of hydrogen-bond acceptors (Lipinski definition) is 5. The first-order valence-electron chi connectivity index (χ1n) is 7.16. The summed E-state index contributed by atoms with van der Waals surface area (Å²) < 4.78 is 34.7. The molecule has 1 aliphatic rings. The molecule has 0 radical (unpaired) electrons. The van der Waals surface area contributed by atoms with E-state index >= 15 is 0 Å². The highest BCUT2D eigenvalue weighted by Gasteiger charge is 2.33. The van der Waals surface area contributed by atoms with Crippen molar-refractivity contribution in [2.24, 2.45) is 5.73 Å². The average Bonchev–Trinajstić information content (AvgIpc) is 2.46. The number of sulfone groups is 1. The largest absolute Gasteiger partial charge is 0.493 e. The van der Waals surface area contributed by atoms with Crippen LogP contribution in [-0.2, 0) is 16.3 Å². The Kier molecular flexibility index (Phi) is 5.11. The van der Waals surface area contributed by atoms with Crippen molar-refractivity contribution in [3.8, 4) is 11.5 Å². The lowest BCUT2D eigenvalue weighted by atomic mass is 10.00. The van der Waals surface area contributed by atoms with Gasteiger partial charge < -0.3 is 15.2 Å². The molecule has 1 heterocycles. The van der Waals surface area contributed by atoms with Crippen LogP contribution >= 0.6 is 0 Å². The van der Waals surface area contributed by atoms with E-state index in [-0.39, 0.29) is 11.8 Å². The van der Waals surface area contributed by atoms with E-state index in [0.29, 0.717) is 24.3 Å². The third kappa shape index (κ3) is 3.68. The highest BCUT2D eigenvalue weighted by molar-refractivity contribution is 7.92. The number of hydrogen-bond donors (Lipinski definition) is 1. The Balaban J connectivity index is 2.14. The maximum Gasteiger partial charge on any atom is 0.160 e. The highest BCUT2D eigenvalue weighted by atomic mass is 32.2. The fraction of sp³-hybridized carbons (Fsp3) is 0.600. The number of methoxy groups -OCH3 is 2. The maximum absolute atomic E-state index is 12.1. The van der Waals surface area contributed by atoms with Gasteiger partial charge in [-0.05, 0) is 37.0 Å². The number of nitrogens with two attached hydrogens (primary N) is 1. The first kappa shape index (κ1) is 16.1. The molecule has 1 aliphatic heterocycles. The number of benzene rings is 1. The fourth-order valence-corrected chi connectivity index (χ4v) is 4.94.